The third kappa shape index (κ3) is 6.33. The molecule has 1 aromatic heterocycles. The van der Waals surface area contributed by atoms with E-state index in [1.807, 2.05) is 19.1 Å². The quantitative estimate of drug-likeness (QED) is 0.300. The van der Waals surface area contributed by atoms with Crippen LogP contribution in [0.4, 0.5) is 9.18 Å². The molecule has 0 radical (unpaired) electrons. The first-order valence-corrected chi connectivity index (χ1v) is 16.1. The molecule has 47 heavy (non-hydrogen) atoms. The number of allylic oxidation sites excluding steroid dienone is 1. The average molecular weight is 646 g/mol. The Balaban J connectivity index is 1.35. The number of benzene rings is 2. The summed E-state index contributed by atoms with van der Waals surface area (Å²) in [6.45, 7) is 4.45. The van der Waals surface area contributed by atoms with Gasteiger partial charge >= 0.3 is 12.0 Å². The predicted molar refractivity (Wildman–Crippen MR) is 172 cm³/mol. The SMILES string of the molecule is CCOC(=O)C12CC1/C=C/CCCCN(C)C(=O)N1CC(Oc3nc(-c4cccc(F)c4)nc4c(C)c(OC)ccc34)CC1C(=O)N2. The molecule has 6 rings (SSSR count). The number of carbonyl (C=O) groups is 3. The molecular formula is C35H40FN5O6. The second-order valence-corrected chi connectivity index (χ2v) is 12.4. The molecule has 1 N–H and O–H groups in total. The molecule has 1 saturated carbocycles. The molecule has 4 atom stereocenters. The Morgan fingerprint density at radius 2 is 2.00 bits per heavy atom. The lowest BCUT2D eigenvalue weighted by atomic mass is 10.1. The van der Waals surface area contributed by atoms with E-state index in [0.29, 0.717) is 35.2 Å². The molecule has 12 heteroatoms. The normalized spacial score (nSPS) is 25.3. The fraction of sp³-hybridized carbons (Fsp3) is 0.457. The number of amides is 3. The van der Waals surface area contributed by atoms with E-state index in [-0.39, 0.29) is 43.2 Å². The van der Waals surface area contributed by atoms with Gasteiger partial charge in [0.1, 0.15) is 29.3 Å². The first kappa shape index (κ1) is 32.2. The van der Waals surface area contributed by atoms with Gasteiger partial charge in [-0.2, -0.15) is 4.98 Å². The maximum absolute atomic E-state index is 14.2. The van der Waals surface area contributed by atoms with Crippen LogP contribution in [0.25, 0.3) is 22.3 Å². The molecular weight excluding hydrogens is 605 g/mol. The molecule has 1 saturated heterocycles. The van der Waals surface area contributed by atoms with E-state index in [9.17, 15) is 18.8 Å². The number of aromatic nitrogens is 2. The summed E-state index contributed by atoms with van der Waals surface area (Å²) in [4.78, 5) is 53.4. The number of methoxy groups -OCH3 is 1. The van der Waals surface area contributed by atoms with Crippen molar-refractivity contribution >= 4 is 28.8 Å². The molecule has 3 aromatic rings. The Labute approximate surface area is 273 Å². The van der Waals surface area contributed by atoms with Gasteiger partial charge in [-0.1, -0.05) is 24.3 Å². The van der Waals surface area contributed by atoms with Crippen molar-refractivity contribution in [1.29, 1.82) is 0 Å². The monoisotopic (exact) mass is 645 g/mol. The Kier molecular flexibility index (Phi) is 9.03. The highest BCUT2D eigenvalue weighted by Gasteiger charge is 2.62. The summed E-state index contributed by atoms with van der Waals surface area (Å²) in [7, 11) is 3.30. The van der Waals surface area contributed by atoms with Gasteiger partial charge in [0, 0.05) is 37.1 Å². The lowest BCUT2D eigenvalue weighted by Gasteiger charge is -2.30. The number of nitrogens with zero attached hydrogens (tertiary/aromatic N) is 4. The number of esters is 1. The molecule has 0 bridgehead atoms. The lowest BCUT2D eigenvalue weighted by molar-refractivity contribution is -0.149. The minimum atomic E-state index is -1.16. The summed E-state index contributed by atoms with van der Waals surface area (Å²) >= 11 is 0. The third-order valence-electron chi connectivity index (χ3n) is 9.24. The number of carbonyl (C=O) groups excluding carboxylic acids is 3. The lowest BCUT2D eigenvalue weighted by Crippen LogP contribution is -2.55. The summed E-state index contributed by atoms with van der Waals surface area (Å²) in [6.07, 6.45) is 6.50. The number of fused-ring (bicyclic) bond motifs is 3. The van der Waals surface area contributed by atoms with Gasteiger partial charge in [0.2, 0.25) is 11.8 Å². The van der Waals surface area contributed by atoms with E-state index in [2.05, 4.69) is 5.32 Å². The van der Waals surface area contributed by atoms with Crippen molar-refractivity contribution in [2.24, 2.45) is 5.92 Å². The Hall–Kier alpha value is -4.74. The van der Waals surface area contributed by atoms with Crippen molar-refractivity contribution in [3.8, 4) is 23.0 Å². The zero-order chi connectivity index (χ0) is 33.3. The molecule has 3 amide bonds. The standard InChI is InChI=1S/C35H40FN5O6/c1-5-46-33(43)35-19-23(35)12-8-6-7-9-16-40(3)34(44)41-20-25(18-27(41)31(42)39-35)47-32-26-14-15-28(45-4)21(2)29(26)37-30(38-32)22-11-10-13-24(36)17-22/h8,10-15,17,23,25,27H,5-7,9,16,18-20H2,1-4H3,(H,39,42)/b12-8+. The first-order valence-electron chi connectivity index (χ1n) is 16.1. The van der Waals surface area contributed by atoms with Crippen LogP contribution in [-0.2, 0) is 14.3 Å². The van der Waals surface area contributed by atoms with E-state index in [1.165, 1.54) is 17.0 Å². The summed E-state index contributed by atoms with van der Waals surface area (Å²) in [5, 5.41) is 3.58. The average Bonchev–Trinajstić information content (AvgIpc) is 3.59. The molecule has 248 valence electrons. The van der Waals surface area contributed by atoms with Crippen molar-refractivity contribution in [3.63, 3.8) is 0 Å². The van der Waals surface area contributed by atoms with Gasteiger partial charge in [-0.25, -0.2) is 19.0 Å². The number of hydrogen-bond donors (Lipinski definition) is 1. The van der Waals surface area contributed by atoms with Crippen LogP contribution in [0.2, 0.25) is 0 Å². The van der Waals surface area contributed by atoms with Gasteiger partial charge in [0.25, 0.3) is 0 Å². The summed E-state index contributed by atoms with van der Waals surface area (Å²) < 4.78 is 31.6. The van der Waals surface area contributed by atoms with Crippen molar-refractivity contribution in [3.05, 3.63) is 59.9 Å². The molecule has 2 fully saturated rings. The number of halogens is 1. The Morgan fingerprint density at radius 1 is 1.17 bits per heavy atom. The summed E-state index contributed by atoms with van der Waals surface area (Å²) in [5.74, 6) is -0.388. The molecule has 3 heterocycles. The number of nitrogens with one attached hydrogen (secondary N) is 1. The van der Waals surface area contributed by atoms with E-state index < -0.39 is 35.4 Å². The topological polar surface area (TPSA) is 123 Å². The number of aryl methyl sites for hydroxylation is 1. The van der Waals surface area contributed by atoms with Gasteiger partial charge in [-0.15, -0.1) is 0 Å². The van der Waals surface area contributed by atoms with Crippen molar-refractivity contribution < 1.29 is 33.0 Å². The van der Waals surface area contributed by atoms with Crippen LogP contribution in [0.15, 0.2) is 48.6 Å². The van der Waals surface area contributed by atoms with Crippen LogP contribution in [0.5, 0.6) is 11.6 Å². The third-order valence-corrected chi connectivity index (χ3v) is 9.24. The largest absolute Gasteiger partial charge is 0.496 e. The van der Waals surface area contributed by atoms with Crippen LogP contribution in [0.3, 0.4) is 0 Å². The van der Waals surface area contributed by atoms with Crippen LogP contribution in [0, 0.1) is 18.7 Å². The highest BCUT2D eigenvalue weighted by molar-refractivity contribution is 5.95. The highest BCUT2D eigenvalue weighted by atomic mass is 19.1. The number of urea groups is 1. The molecule has 0 spiro atoms. The number of rotatable bonds is 6. The van der Waals surface area contributed by atoms with Gasteiger partial charge in [0.05, 0.1) is 31.2 Å². The second kappa shape index (κ2) is 13.2. The van der Waals surface area contributed by atoms with Crippen molar-refractivity contribution in [2.75, 3.05) is 33.9 Å². The fourth-order valence-electron chi connectivity index (χ4n) is 6.55. The van der Waals surface area contributed by atoms with Gasteiger partial charge in [0.15, 0.2) is 5.82 Å². The van der Waals surface area contributed by atoms with E-state index in [1.54, 1.807) is 50.2 Å². The minimum Gasteiger partial charge on any atom is -0.496 e. The van der Waals surface area contributed by atoms with E-state index in [4.69, 9.17) is 24.2 Å². The zero-order valence-electron chi connectivity index (χ0n) is 27.1. The van der Waals surface area contributed by atoms with Gasteiger partial charge in [-0.3, -0.25) is 4.79 Å². The van der Waals surface area contributed by atoms with E-state index >= 15 is 0 Å². The Bertz CT molecular complexity index is 1730. The molecule has 4 unspecified atom stereocenters. The van der Waals surface area contributed by atoms with Crippen LogP contribution >= 0.6 is 0 Å². The van der Waals surface area contributed by atoms with Crippen molar-refractivity contribution in [1.82, 2.24) is 25.1 Å². The molecule has 1 aliphatic carbocycles. The summed E-state index contributed by atoms with van der Waals surface area (Å²) in [5.41, 5.74) is 0.637. The summed E-state index contributed by atoms with van der Waals surface area (Å²) in [6, 6.07) is 8.40. The van der Waals surface area contributed by atoms with Gasteiger partial charge < -0.3 is 29.3 Å². The maximum atomic E-state index is 14.2. The van der Waals surface area contributed by atoms with E-state index in [0.717, 1.165) is 24.8 Å². The zero-order valence-corrected chi connectivity index (χ0v) is 27.1. The molecule has 3 aliphatic rings. The number of ether oxygens (including phenoxy) is 3. The van der Waals surface area contributed by atoms with Crippen LogP contribution < -0.4 is 14.8 Å². The van der Waals surface area contributed by atoms with Crippen LogP contribution in [-0.4, -0.2) is 89.2 Å². The fourth-order valence-corrected chi connectivity index (χ4v) is 6.55. The smallest absolute Gasteiger partial charge is 0.332 e. The minimum absolute atomic E-state index is 0.118. The first-order chi connectivity index (χ1) is 22.6. The molecule has 11 nitrogen and oxygen atoms in total. The Morgan fingerprint density at radius 3 is 2.77 bits per heavy atom. The van der Waals surface area contributed by atoms with Gasteiger partial charge in [-0.05, 0) is 63.8 Å². The van der Waals surface area contributed by atoms with Crippen molar-refractivity contribution in [2.45, 2.75) is 63.6 Å². The highest BCUT2D eigenvalue weighted by Crippen LogP contribution is 2.46. The molecule has 2 aliphatic heterocycles. The van der Waals surface area contributed by atoms with Crippen LogP contribution in [0.1, 0.15) is 44.6 Å². The predicted octanol–water partition coefficient (Wildman–Crippen LogP) is 4.80. The second-order valence-electron chi connectivity index (χ2n) is 12.4. The number of hydrogen-bond acceptors (Lipinski definition) is 8. The maximum Gasteiger partial charge on any atom is 0.332 e. The molecule has 2 aromatic carbocycles.